The lowest BCUT2D eigenvalue weighted by Crippen LogP contribution is -2.09. The maximum atomic E-state index is 4.83. The van der Waals surface area contributed by atoms with Gasteiger partial charge in [0, 0.05) is 0 Å². The third-order valence-electron chi connectivity index (χ3n) is 3.66. The summed E-state index contributed by atoms with van der Waals surface area (Å²) in [6.07, 6.45) is 0. The van der Waals surface area contributed by atoms with Gasteiger partial charge in [-0.3, -0.25) is 0 Å². The molecule has 0 aliphatic carbocycles. The Bertz CT molecular complexity index is 592. The van der Waals surface area contributed by atoms with Crippen LogP contribution in [0.5, 0.6) is 0 Å². The van der Waals surface area contributed by atoms with Crippen molar-refractivity contribution in [2.24, 2.45) is 0 Å². The summed E-state index contributed by atoms with van der Waals surface area (Å²) in [6.45, 7) is 15.2. The zero-order valence-electron chi connectivity index (χ0n) is 12.5. The van der Waals surface area contributed by atoms with E-state index in [0.29, 0.717) is 11.8 Å². The lowest BCUT2D eigenvalue weighted by molar-refractivity contribution is 0.701. The zero-order valence-corrected chi connectivity index (χ0v) is 12.5. The molecule has 0 fully saturated rings. The van der Waals surface area contributed by atoms with Gasteiger partial charge in [-0.25, -0.2) is 9.50 Å². The fraction of sp³-hybridized carbons (Fsp3) is 0.600. The molecule has 0 aromatic carbocycles. The number of imidazole rings is 1. The minimum absolute atomic E-state index is 0.439. The molecule has 3 nitrogen and oxygen atoms in total. The summed E-state index contributed by atoms with van der Waals surface area (Å²) in [6, 6.07) is 0. The maximum absolute atomic E-state index is 4.83. The molecule has 0 N–H and O–H groups in total. The largest absolute Gasteiger partial charge is 0.232 e. The van der Waals surface area contributed by atoms with E-state index >= 15 is 0 Å². The quantitative estimate of drug-likeness (QED) is 0.803. The predicted molar refractivity (Wildman–Crippen MR) is 75.4 cm³/mol. The number of rotatable bonds is 2. The summed E-state index contributed by atoms with van der Waals surface area (Å²) in [5, 5.41) is 4.83. The molecule has 2 aromatic rings. The Labute approximate surface area is 109 Å². The Morgan fingerprint density at radius 2 is 1.50 bits per heavy atom. The van der Waals surface area contributed by atoms with E-state index in [-0.39, 0.29) is 0 Å². The van der Waals surface area contributed by atoms with E-state index in [1.165, 1.54) is 22.5 Å². The molecule has 3 heteroatoms. The van der Waals surface area contributed by atoms with Crippen molar-refractivity contribution in [2.75, 3.05) is 0 Å². The van der Waals surface area contributed by atoms with Crippen LogP contribution in [0.15, 0.2) is 0 Å². The molecule has 0 spiro atoms. The fourth-order valence-electron chi connectivity index (χ4n) is 2.63. The smallest absolute Gasteiger partial charge is 0.157 e. The first-order valence-electron chi connectivity index (χ1n) is 6.70. The van der Waals surface area contributed by atoms with Gasteiger partial charge in [0.05, 0.1) is 17.1 Å². The number of hydrogen-bond acceptors (Lipinski definition) is 2. The molecule has 0 bridgehead atoms. The van der Waals surface area contributed by atoms with Gasteiger partial charge in [0.1, 0.15) is 0 Å². The van der Waals surface area contributed by atoms with Crippen LogP contribution in [-0.2, 0) is 0 Å². The topological polar surface area (TPSA) is 30.2 Å². The van der Waals surface area contributed by atoms with Crippen LogP contribution in [0.3, 0.4) is 0 Å². The summed E-state index contributed by atoms with van der Waals surface area (Å²) in [5.41, 5.74) is 7.05. The molecule has 18 heavy (non-hydrogen) atoms. The number of aromatic nitrogens is 3. The first-order valence-corrected chi connectivity index (χ1v) is 6.70. The lowest BCUT2D eigenvalue weighted by Gasteiger charge is -2.14. The van der Waals surface area contributed by atoms with Crippen molar-refractivity contribution in [2.45, 2.75) is 60.3 Å². The summed E-state index contributed by atoms with van der Waals surface area (Å²) in [7, 11) is 0. The molecule has 0 atom stereocenters. The Hall–Kier alpha value is -1.38. The lowest BCUT2D eigenvalue weighted by atomic mass is 10.0. The highest BCUT2D eigenvalue weighted by Gasteiger charge is 2.18. The van der Waals surface area contributed by atoms with Crippen molar-refractivity contribution in [3.8, 4) is 0 Å². The van der Waals surface area contributed by atoms with Crippen LogP contribution in [0.1, 0.15) is 67.7 Å². The van der Waals surface area contributed by atoms with E-state index in [9.17, 15) is 0 Å². The van der Waals surface area contributed by atoms with Crippen LogP contribution in [0.2, 0.25) is 0 Å². The summed E-state index contributed by atoms with van der Waals surface area (Å²) < 4.78 is 2.05. The molecular formula is C15H23N3. The average Bonchev–Trinajstić information content (AvgIpc) is 2.59. The molecule has 98 valence electrons. The van der Waals surface area contributed by atoms with Gasteiger partial charge in [0.15, 0.2) is 5.65 Å². The van der Waals surface area contributed by atoms with E-state index in [4.69, 9.17) is 10.1 Å². The number of fused-ring (bicyclic) bond motifs is 1. The van der Waals surface area contributed by atoms with Gasteiger partial charge < -0.3 is 0 Å². The second-order valence-electron chi connectivity index (χ2n) is 5.76. The third-order valence-corrected chi connectivity index (χ3v) is 3.66. The summed E-state index contributed by atoms with van der Waals surface area (Å²) in [5.74, 6) is 0.880. The maximum Gasteiger partial charge on any atom is 0.157 e. The highest BCUT2D eigenvalue weighted by molar-refractivity contribution is 5.54. The molecule has 2 aromatic heterocycles. The second-order valence-corrected chi connectivity index (χ2v) is 5.76. The monoisotopic (exact) mass is 245 g/mol. The predicted octanol–water partition coefficient (Wildman–Crippen LogP) is 3.90. The van der Waals surface area contributed by atoms with E-state index in [0.717, 1.165) is 11.3 Å². The average molecular weight is 245 g/mol. The molecule has 0 amide bonds. The molecule has 0 aliphatic rings. The van der Waals surface area contributed by atoms with Crippen molar-refractivity contribution < 1.29 is 0 Å². The highest BCUT2D eigenvalue weighted by atomic mass is 15.3. The molecule has 0 unspecified atom stereocenters. The van der Waals surface area contributed by atoms with Gasteiger partial charge in [-0.1, -0.05) is 27.7 Å². The molecule has 0 saturated heterocycles. The van der Waals surface area contributed by atoms with Crippen molar-refractivity contribution in [1.82, 2.24) is 14.6 Å². The van der Waals surface area contributed by atoms with Gasteiger partial charge in [-0.15, -0.1) is 0 Å². The van der Waals surface area contributed by atoms with E-state index in [1.807, 2.05) is 0 Å². The SMILES string of the molecule is Cc1nc2c(C)c(C)c(C(C)C)nn2c1C(C)C. The van der Waals surface area contributed by atoms with Crippen LogP contribution >= 0.6 is 0 Å². The van der Waals surface area contributed by atoms with Crippen LogP contribution in [0, 0.1) is 20.8 Å². The van der Waals surface area contributed by atoms with Crippen molar-refractivity contribution >= 4 is 5.65 Å². The number of hydrogen-bond donors (Lipinski definition) is 0. The Kier molecular flexibility index (Phi) is 3.18. The standard InChI is InChI=1S/C15H23N3/c1-8(2)13-10(5)11(6)15-16-12(7)14(9(3)4)18(15)17-13/h8-9H,1-7H3. The molecule has 0 saturated carbocycles. The Balaban J connectivity index is 2.88. The third kappa shape index (κ3) is 1.82. The first-order chi connectivity index (χ1) is 8.34. The number of nitrogens with zero attached hydrogens (tertiary/aromatic N) is 3. The fourth-order valence-corrected chi connectivity index (χ4v) is 2.63. The van der Waals surface area contributed by atoms with Gasteiger partial charge >= 0.3 is 0 Å². The van der Waals surface area contributed by atoms with Crippen molar-refractivity contribution in [1.29, 1.82) is 0 Å². The van der Waals surface area contributed by atoms with Crippen LogP contribution in [0.4, 0.5) is 0 Å². The van der Waals surface area contributed by atoms with Crippen molar-refractivity contribution in [3.05, 3.63) is 28.2 Å². The minimum Gasteiger partial charge on any atom is -0.232 e. The van der Waals surface area contributed by atoms with E-state index < -0.39 is 0 Å². The normalized spacial score (nSPS) is 12.1. The van der Waals surface area contributed by atoms with Crippen LogP contribution in [0.25, 0.3) is 5.65 Å². The second kappa shape index (κ2) is 4.38. The first kappa shape index (κ1) is 13.1. The van der Waals surface area contributed by atoms with E-state index in [1.54, 1.807) is 0 Å². The van der Waals surface area contributed by atoms with Crippen LogP contribution in [-0.4, -0.2) is 14.6 Å². The van der Waals surface area contributed by atoms with Gasteiger partial charge in [-0.05, 0) is 43.7 Å². The summed E-state index contributed by atoms with van der Waals surface area (Å²) in [4.78, 5) is 4.70. The summed E-state index contributed by atoms with van der Waals surface area (Å²) >= 11 is 0. The zero-order chi connectivity index (χ0) is 13.6. The molecule has 0 radical (unpaired) electrons. The molecular weight excluding hydrogens is 222 g/mol. The van der Waals surface area contributed by atoms with Gasteiger partial charge in [0.25, 0.3) is 0 Å². The van der Waals surface area contributed by atoms with Gasteiger partial charge in [0.2, 0.25) is 0 Å². The minimum atomic E-state index is 0.439. The molecule has 0 aliphatic heterocycles. The Morgan fingerprint density at radius 3 is 2.00 bits per heavy atom. The van der Waals surface area contributed by atoms with Crippen LogP contribution < -0.4 is 0 Å². The molecule has 2 rings (SSSR count). The number of aryl methyl sites for hydroxylation is 2. The Morgan fingerprint density at radius 1 is 0.889 bits per heavy atom. The van der Waals surface area contributed by atoms with Crippen molar-refractivity contribution in [3.63, 3.8) is 0 Å². The molecule has 2 heterocycles. The van der Waals surface area contributed by atoms with E-state index in [2.05, 4.69) is 53.0 Å². The highest BCUT2D eigenvalue weighted by Crippen LogP contribution is 2.26. The van der Waals surface area contributed by atoms with Gasteiger partial charge in [-0.2, -0.15) is 5.10 Å².